The lowest BCUT2D eigenvalue weighted by molar-refractivity contribution is 0.0932. The zero-order chi connectivity index (χ0) is 25.1. The van der Waals surface area contributed by atoms with Gasteiger partial charge in [-0.25, -0.2) is 0 Å². The fourth-order valence-electron chi connectivity index (χ4n) is 4.59. The van der Waals surface area contributed by atoms with Crippen molar-refractivity contribution < 1.29 is 15.0 Å². The average molecular weight is 472 g/mol. The molecule has 0 aliphatic heterocycles. The van der Waals surface area contributed by atoms with Crippen LogP contribution in [0.25, 0.3) is 10.9 Å². The number of benzene rings is 3. The van der Waals surface area contributed by atoms with Gasteiger partial charge in [0.2, 0.25) is 0 Å². The number of fused-ring (bicyclic) bond motifs is 1. The Morgan fingerprint density at radius 2 is 1.43 bits per heavy atom. The van der Waals surface area contributed by atoms with Gasteiger partial charge in [-0.05, 0) is 69.4 Å². The second-order valence-corrected chi connectivity index (χ2v) is 9.48. The number of aromatic hydroxyl groups is 2. The van der Waals surface area contributed by atoms with Gasteiger partial charge < -0.3 is 25.0 Å². The number of phenols is 2. The molecule has 4 aromatic rings. The summed E-state index contributed by atoms with van der Waals surface area (Å²) < 4.78 is 2.12. The van der Waals surface area contributed by atoms with Gasteiger partial charge in [-0.2, -0.15) is 0 Å². The van der Waals surface area contributed by atoms with E-state index in [1.165, 1.54) is 0 Å². The van der Waals surface area contributed by atoms with Crippen molar-refractivity contribution >= 4 is 16.8 Å². The van der Waals surface area contributed by atoms with Crippen LogP contribution in [0.3, 0.4) is 0 Å². The standard InChI is InChI=1S/C29H33N3O3/c1-19(2)30-29(35)28-27(24-7-5-6-8-25(24)32(28)18-17-31(3)4)26(20-9-13-22(33)14-10-20)21-11-15-23(34)16-12-21/h5-16,19,26,33-34H,17-18H2,1-4H3,(H,30,35). The van der Waals surface area contributed by atoms with Crippen molar-refractivity contribution in [3.63, 3.8) is 0 Å². The Bertz CT molecular complexity index is 1260. The summed E-state index contributed by atoms with van der Waals surface area (Å²) in [6.45, 7) is 5.36. The first-order chi connectivity index (χ1) is 16.8. The maximum Gasteiger partial charge on any atom is 0.268 e. The molecular formula is C29H33N3O3. The van der Waals surface area contributed by atoms with E-state index in [2.05, 4.69) is 26.9 Å². The summed E-state index contributed by atoms with van der Waals surface area (Å²) in [5.74, 6) is -0.0316. The molecule has 3 aromatic carbocycles. The molecule has 3 N–H and O–H groups in total. The van der Waals surface area contributed by atoms with E-state index in [4.69, 9.17) is 0 Å². The van der Waals surface area contributed by atoms with E-state index in [1.807, 2.05) is 64.3 Å². The van der Waals surface area contributed by atoms with E-state index in [-0.39, 0.29) is 29.4 Å². The minimum Gasteiger partial charge on any atom is -0.508 e. The molecule has 0 saturated heterocycles. The van der Waals surface area contributed by atoms with Gasteiger partial charge in [0.05, 0.1) is 0 Å². The molecule has 0 bridgehead atoms. The molecular weight excluding hydrogens is 438 g/mol. The molecule has 0 fully saturated rings. The molecule has 0 atom stereocenters. The maximum absolute atomic E-state index is 13.8. The summed E-state index contributed by atoms with van der Waals surface area (Å²) in [6, 6.07) is 22.3. The molecule has 0 aliphatic carbocycles. The first-order valence-electron chi connectivity index (χ1n) is 11.9. The van der Waals surface area contributed by atoms with Crippen LogP contribution in [0.15, 0.2) is 72.8 Å². The number of likely N-dealkylation sites (N-methyl/N-ethyl adjacent to an activating group) is 1. The predicted octanol–water partition coefficient (Wildman–Crippen LogP) is 4.93. The van der Waals surface area contributed by atoms with Crippen molar-refractivity contribution in [1.29, 1.82) is 0 Å². The van der Waals surface area contributed by atoms with Crippen molar-refractivity contribution in [2.45, 2.75) is 32.4 Å². The molecule has 1 amide bonds. The highest BCUT2D eigenvalue weighted by Gasteiger charge is 2.30. The topological polar surface area (TPSA) is 77.7 Å². The van der Waals surface area contributed by atoms with Crippen LogP contribution in [-0.2, 0) is 6.54 Å². The molecule has 0 radical (unpaired) electrons. The third kappa shape index (κ3) is 5.17. The summed E-state index contributed by atoms with van der Waals surface area (Å²) in [5, 5.41) is 24.0. The summed E-state index contributed by atoms with van der Waals surface area (Å²) >= 11 is 0. The van der Waals surface area contributed by atoms with Crippen molar-refractivity contribution in [3.05, 3.63) is 95.2 Å². The monoisotopic (exact) mass is 471 g/mol. The number of aromatic nitrogens is 1. The third-order valence-corrected chi connectivity index (χ3v) is 6.16. The number of carbonyl (C=O) groups excluding carboxylic acids is 1. The lowest BCUT2D eigenvalue weighted by atomic mass is 9.83. The summed E-state index contributed by atoms with van der Waals surface area (Å²) in [6.07, 6.45) is 0. The molecule has 6 nitrogen and oxygen atoms in total. The highest BCUT2D eigenvalue weighted by Crippen LogP contribution is 2.41. The second kappa shape index (κ2) is 10.2. The first kappa shape index (κ1) is 24.4. The van der Waals surface area contributed by atoms with Crippen LogP contribution >= 0.6 is 0 Å². The molecule has 1 heterocycles. The Morgan fingerprint density at radius 1 is 0.886 bits per heavy atom. The summed E-state index contributed by atoms with van der Waals surface area (Å²) in [7, 11) is 4.05. The highest BCUT2D eigenvalue weighted by molar-refractivity contribution is 6.03. The minimum absolute atomic E-state index is 0.0172. The molecule has 0 spiro atoms. The number of carbonyl (C=O) groups is 1. The number of nitrogens with zero attached hydrogens (tertiary/aromatic N) is 2. The minimum atomic E-state index is -0.283. The van der Waals surface area contributed by atoms with Gasteiger partial charge in [0.15, 0.2) is 0 Å². The van der Waals surface area contributed by atoms with Crippen LogP contribution in [0.5, 0.6) is 11.5 Å². The van der Waals surface area contributed by atoms with Gasteiger partial charge in [-0.15, -0.1) is 0 Å². The SMILES string of the molecule is CC(C)NC(=O)c1c(C(c2ccc(O)cc2)c2ccc(O)cc2)c2ccccc2n1CCN(C)C. The Morgan fingerprint density at radius 3 is 1.94 bits per heavy atom. The normalized spacial score (nSPS) is 11.6. The van der Waals surface area contributed by atoms with E-state index in [1.54, 1.807) is 24.3 Å². The van der Waals surface area contributed by atoms with Gasteiger partial charge in [0.1, 0.15) is 17.2 Å². The molecule has 182 valence electrons. The van der Waals surface area contributed by atoms with E-state index in [9.17, 15) is 15.0 Å². The Labute approximate surface area is 206 Å². The van der Waals surface area contributed by atoms with Gasteiger partial charge >= 0.3 is 0 Å². The van der Waals surface area contributed by atoms with E-state index in [0.29, 0.717) is 12.2 Å². The number of hydrogen-bond donors (Lipinski definition) is 3. The van der Waals surface area contributed by atoms with Crippen LogP contribution in [0.1, 0.15) is 46.9 Å². The Balaban J connectivity index is 2.05. The summed E-state index contributed by atoms with van der Waals surface area (Å²) in [4.78, 5) is 15.9. The Kier molecular flexibility index (Phi) is 7.12. The molecule has 0 aliphatic rings. The van der Waals surface area contributed by atoms with Gasteiger partial charge in [0.25, 0.3) is 5.91 Å². The molecule has 6 heteroatoms. The quantitative estimate of drug-likeness (QED) is 0.340. The largest absolute Gasteiger partial charge is 0.508 e. The fraction of sp³-hybridized carbons (Fsp3) is 0.276. The predicted molar refractivity (Wildman–Crippen MR) is 140 cm³/mol. The van der Waals surface area contributed by atoms with Crippen LogP contribution in [0.4, 0.5) is 0 Å². The van der Waals surface area contributed by atoms with E-state index in [0.717, 1.165) is 34.1 Å². The molecule has 0 saturated carbocycles. The average Bonchev–Trinajstić information content (AvgIpc) is 3.14. The van der Waals surface area contributed by atoms with Crippen LogP contribution in [0.2, 0.25) is 0 Å². The van der Waals surface area contributed by atoms with Crippen LogP contribution in [0, 0.1) is 0 Å². The lowest BCUT2D eigenvalue weighted by Gasteiger charge is -2.22. The van der Waals surface area contributed by atoms with Crippen molar-refractivity contribution in [3.8, 4) is 11.5 Å². The summed E-state index contributed by atoms with van der Waals surface area (Å²) in [5.41, 5.74) is 4.44. The number of nitrogens with one attached hydrogen (secondary N) is 1. The first-order valence-corrected chi connectivity index (χ1v) is 11.9. The number of rotatable bonds is 8. The number of hydrogen-bond acceptors (Lipinski definition) is 4. The van der Waals surface area contributed by atoms with E-state index >= 15 is 0 Å². The highest BCUT2D eigenvalue weighted by atomic mass is 16.3. The number of para-hydroxylation sites is 1. The van der Waals surface area contributed by atoms with Crippen LogP contribution in [-0.4, -0.2) is 52.3 Å². The molecule has 4 rings (SSSR count). The third-order valence-electron chi connectivity index (χ3n) is 6.16. The number of amides is 1. The second-order valence-electron chi connectivity index (χ2n) is 9.48. The van der Waals surface area contributed by atoms with E-state index < -0.39 is 0 Å². The van der Waals surface area contributed by atoms with Crippen molar-refractivity contribution in [1.82, 2.24) is 14.8 Å². The lowest BCUT2D eigenvalue weighted by Crippen LogP contribution is -2.33. The Hall–Kier alpha value is -3.77. The van der Waals surface area contributed by atoms with Crippen LogP contribution < -0.4 is 5.32 Å². The smallest absolute Gasteiger partial charge is 0.268 e. The fourth-order valence-corrected chi connectivity index (χ4v) is 4.59. The van der Waals surface area contributed by atoms with Gasteiger partial charge in [-0.1, -0.05) is 42.5 Å². The maximum atomic E-state index is 13.8. The number of phenolic OH excluding ortho intramolecular Hbond substituents is 2. The van der Waals surface area contributed by atoms with Crippen molar-refractivity contribution in [2.24, 2.45) is 0 Å². The molecule has 1 aromatic heterocycles. The zero-order valence-corrected chi connectivity index (χ0v) is 20.7. The molecule has 35 heavy (non-hydrogen) atoms. The van der Waals surface area contributed by atoms with Gasteiger partial charge in [-0.3, -0.25) is 4.79 Å². The van der Waals surface area contributed by atoms with Crippen molar-refractivity contribution in [2.75, 3.05) is 20.6 Å². The van der Waals surface area contributed by atoms with Gasteiger partial charge in [0, 0.05) is 41.5 Å². The zero-order valence-electron chi connectivity index (χ0n) is 20.7. The molecule has 0 unspecified atom stereocenters.